The van der Waals surface area contributed by atoms with Gasteiger partial charge >= 0.3 is 0 Å². The average Bonchev–Trinajstić information content (AvgIpc) is 2.87. The predicted octanol–water partition coefficient (Wildman–Crippen LogP) is 1.37. The minimum atomic E-state index is -0.541. The Hall–Kier alpha value is -1.65. The highest BCUT2D eigenvalue weighted by Gasteiger charge is 2.49. The number of H-pyrrole nitrogens is 1. The van der Waals surface area contributed by atoms with Crippen molar-refractivity contribution in [2.75, 3.05) is 6.54 Å². The van der Waals surface area contributed by atoms with E-state index < -0.39 is 5.41 Å². The van der Waals surface area contributed by atoms with E-state index in [9.17, 15) is 9.59 Å². The van der Waals surface area contributed by atoms with Crippen LogP contribution in [0, 0.1) is 11.3 Å². The minimum absolute atomic E-state index is 0.0472. The number of rotatable bonds is 4. The number of aromatic nitrogens is 2. The van der Waals surface area contributed by atoms with Gasteiger partial charge in [0.2, 0.25) is 11.8 Å². The first-order chi connectivity index (χ1) is 8.45. The molecule has 1 fully saturated rings. The van der Waals surface area contributed by atoms with Crippen molar-refractivity contribution in [2.24, 2.45) is 11.3 Å². The molecule has 0 aromatic carbocycles. The number of nitrogens with zero attached hydrogens (tertiary/aromatic N) is 2. The Morgan fingerprint density at radius 2 is 2.22 bits per heavy atom. The summed E-state index contributed by atoms with van der Waals surface area (Å²) in [5.41, 5.74) is -0.541. The van der Waals surface area contributed by atoms with Crippen molar-refractivity contribution in [3.63, 3.8) is 0 Å². The number of carbonyl (C=O) groups is 2. The van der Waals surface area contributed by atoms with Gasteiger partial charge in [0.25, 0.3) is 0 Å². The second-order valence-corrected chi connectivity index (χ2v) is 5.39. The number of hydrogen-bond donors (Lipinski definition) is 1. The van der Waals surface area contributed by atoms with E-state index in [1.807, 2.05) is 20.8 Å². The van der Waals surface area contributed by atoms with E-state index in [2.05, 4.69) is 9.97 Å². The molecule has 98 valence electrons. The number of hydrogen-bond acceptors (Lipinski definition) is 3. The van der Waals surface area contributed by atoms with Gasteiger partial charge in [0, 0.05) is 31.8 Å². The van der Waals surface area contributed by atoms with Crippen molar-refractivity contribution in [1.82, 2.24) is 14.9 Å². The zero-order valence-corrected chi connectivity index (χ0v) is 11.1. The van der Waals surface area contributed by atoms with Gasteiger partial charge in [-0.1, -0.05) is 13.8 Å². The summed E-state index contributed by atoms with van der Waals surface area (Å²) in [7, 11) is 0. The molecular weight excluding hydrogens is 230 g/mol. The summed E-state index contributed by atoms with van der Waals surface area (Å²) in [6.07, 6.45) is 4.31. The molecule has 1 N–H and O–H groups in total. The third kappa shape index (κ3) is 2.05. The second-order valence-electron chi connectivity index (χ2n) is 5.39. The van der Waals surface area contributed by atoms with E-state index in [0.717, 1.165) is 5.82 Å². The summed E-state index contributed by atoms with van der Waals surface area (Å²) in [6, 6.07) is 0. The number of amides is 2. The lowest BCUT2D eigenvalue weighted by molar-refractivity contribution is -0.142. The van der Waals surface area contributed by atoms with E-state index in [0.29, 0.717) is 19.4 Å². The van der Waals surface area contributed by atoms with Crippen LogP contribution in [0.2, 0.25) is 0 Å². The molecule has 1 aromatic rings. The Morgan fingerprint density at radius 1 is 1.50 bits per heavy atom. The molecule has 1 unspecified atom stereocenters. The van der Waals surface area contributed by atoms with Crippen molar-refractivity contribution in [1.29, 1.82) is 0 Å². The Balaban J connectivity index is 2.06. The molecule has 0 bridgehead atoms. The van der Waals surface area contributed by atoms with E-state index in [-0.39, 0.29) is 17.7 Å². The fraction of sp³-hybridized carbons (Fsp3) is 0.615. The molecule has 5 heteroatoms. The SMILES string of the molecule is CC(C)C1(C)CC(=O)N(CCc2ncc[nH]2)C1=O. The van der Waals surface area contributed by atoms with Crippen molar-refractivity contribution in [3.8, 4) is 0 Å². The lowest BCUT2D eigenvalue weighted by Crippen LogP contribution is -2.38. The number of nitrogens with one attached hydrogen (secondary N) is 1. The highest BCUT2D eigenvalue weighted by molar-refractivity contribution is 6.05. The second kappa shape index (κ2) is 4.55. The Kier molecular flexibility index (Phi) is 3.24. The molecule has 0 saturated carbocycles. The van der Waals surface area contributed by atoms with Gasteiger partial charge in [0.05, 0.1) is 5.41 Å². The maximum absolute atomic E-state index is 12.3. The summed E-state index contributed by atoms with van der Waals surface area (Å²) in [4.78, 5) is 32.7. The van der Waals surface area contributed by atoms with Crippen LogP contribution in [0.15, 0.2) is 12.4 Å². The van der Waals surface area contributed by atoms with E-state index in [1.54, 1.807) is 12.4 Å². The van der Waals surface area contributed by atoms with Crippen LogP contribution in [0.5, 0.6) is 0 Å². The quantitative estimate of drug-likeness (QED) is 0.820. The molecule has 0 aliphatic carbocycles. The third-order valence-electron chi connectivity index (χ3n) is 3.95. The topological polar surface area (TPSA) is 66.1 Å². The molecule has 1 aliphatic heterocycles. The Morgan fingerprint density at radius 3 is 2.72 bits per heavy atom. The molecular formula is C13H19N3O2. The minimum Gasteiger partial charge on any atom is -0.349 e. The van der Waals surface area contributed by atoms with Gasteiger partial charge in [-0.2, -0.15) is 0 Å². The van der Waals surface area contributed by atoms with Crippen LogP contribution >= 0.6 is 0 Å². The van der Waals surface area contributed by atoms with Gasteiger partial charge in [-0.25, -0.2) is 4.98 Å². The number of aromatic amines is 1. The van der Waals surface area contributed by atoms with Gasteiger partial charge in [-0.05, 0) is 12.8 Å². The monoisotopic (exact) mass is 249 g/mol. The summed E-state index contributed by atoms with van der Waals surface area (Å²) >= 11 is 0. The maximum Gasteiger partial charge on any atom is 0.235 e. The third-order valence-corrected chi connectivity index (χ3v) is 3.95. The van der Waals surface area contributed by atoms with Crippen molar-refractivity contribution in [2.45, 2.75) is 33.6 Å². The van der Waals surface area contributed by atoms with Gasteiger partial charge in [-0.3, -0.25) is 14.5 Å². The molecule has 2 heterocycles. The molecule has 5 nitrogen and oxygen atoms in total. The lowest BCUT2D eigenvalue weighted by Gasteiger charge is -2.25. The summed E-state index contributed by atoms with van der Waals surface area (Å²) in [6.45, 7) is 6.26. The predicted molar refractivity (Wildman–Crippen MR) is 66.6 cm³/mol. The number of imidazole rings is 1. The van der Waals surface area contributed by atoms with E-state index in [4.69, 9.17) is 0 Å². The highest BCUT2D eigenvalue weighted by atomic mass is 16.2. The summed E-state index contributed by atoms with van der Waals surface area (Å²) in [5, 5.41) is 0. The molecule has 1 atom stereocenters. The molecule has 18 heavy (non-hydrogen) atoms. The van der Waals surface area contributed by atoms with Crippen LogP contribution in [-0.4, -0.2) is 33.2 Å². The van der Waals surface area contributed by atoms with Crippen molar-refractivity contribution >= 4 is 11.8 Å². The lowest BCUT2D eigenvalue weighted by atomic mass is 9.78. The number of likely N-dealkylation sites (tertiary alicyclic amines) is 1. The fourth-order valence-corrected chi connectivity index (χ4v) is 2.24. The van der Waals surface area contributed by atoms with Crippen LogP contribution in [0.4, 0.5) is 0 Å². The zero-order valence-electron chi connectivity index (χ0n) is 11.1. The van der Waals surface area contributed by atoms with E-state index >= 15 is 0 Å². The van der Waals surface area contributed by atoms with Crippen LogP contribution < -0.4 is 0 Å². The first-order valence-electron chi connectivity index (χ1n) is 6.28. The maximum atomic E-state index is 12.3. The van der Waals surface area contributed by atoms with Crippen molar-refractivity contribution < 1.29 is 9.59 Å². The Bertz CT molecular complexity index is 453. The summed E-state index contributed by atoms with van der Waals surface area (Å²) < 4.78 is 0. The smallest absolute Gasteiger partial charge is 0.235 e. The van der Waals surface area contributed by atoms with Crippen LogP contribution in [0.3, 0.4) is 0 Å². The first-order valence-corrected chi connectivity index (χ1v) is 6.28. The molecule has 1 aliphatic rings. The van der Waals surface area contributed by atoms with Crippen LogP contribution in [0.1, 0.15) is 33.0 Å². The van der Waals surface area contributed by atoms with Gasteiger partial charge in [0.15, 0.2) is 0 Å². The van der Waals surface area contributed by atoms with Gasteiger partial charge in [0.1, 0.15) is 5.82 Å². The van der Waals surface area contributed by atoms with Crippen LogP contribution in [0.25, 0.3) is 0 Å². The molecule has 1 saturated heterocycles. The number of imide groups is 1. The average molecular weight is 249 g/mol. The fourth-order valence-electron chi connectivity index (χ4n) is 2.24. The largest absolute Gasteiger partial charge is 0.349 e. The standard InChI is InChI=1S/C13H19N3O2/c1-9(2)13(3)8-11(17)16(12(13)18)7-4-10-14-5-6-15-10/h5-6,9H,4,7-8H2,1-3H3,(H,14,15). The zero-order chi connectivity index (χ0) is 13.3. The first kappa shape index (κ1) is 12.8. The molecule has 1 aromatic heterocycles. The number of carbonyl (C=O) groups excluding carboxylic acids is 2. The highest BCUT2D eigenvalue weighted by Crippen LogP contribution is 2.39. The molecule has 2 amide bonds. The summed E-state index contributed by atoms with van der Waals surface area (Å²) in [5.74, 6) is 0.855. The van der Waals surface area contributed by atoms with Crippen LogP contribution in [-0.2, 0) is 16.0 Å². The molecule has 0 radical (unpaired) electrons. The molecule has 2 rings (SSSR count). The molecule has 0 spiro atoms. The van der Waals surface area contributed by atoms with Gasteiger partial charge in [-0.15, -0.1) is 0 Å². The normalized spacial score (nSPS) is 24.3. The van der Waals surface area contributed by atoms with Gasteiger partial charge < -0.3 is 4.98 Å². The van der Waals surface area contributed by atoms with E-state index in [1.165, 1.54) is 4.90 Å². The van der Waals surface area contributed by atoms with Crippen molar-refractivity contribution in [3.05, 3.63) is 18.2 Å². The Labute approximate surface area is 107 Å².